The molecule has 0 amide bonds. The van der Waals surface area contributed by atoms with Gasteiger partial charge in [0.05, 0.1) is 10.6 Å². The first-order valence-electron chi connectivity index (χ1n) is 5.53. The van der Waals surface area contributed by atoms with E-state index in [1.807, 2.05) is 0 Å². The van der Waals surface area contributed by atoms with E-state index in [4.69, 9.17) is 5.73 Å². The number of halogens is 1. The number of benzene rings is 2. The monoisotopic (exact) mass is 280 g/mol. The zero-order chi connectivity index (χ0) is 14.0. The lowest BCUT2D eigenvalue weighted by Gasteiger charge is -2.11. The highest BCUT2D eigenvalue weighted by Gasteiger charge is 2.17. The average molecular weight is 280 g/mol. The normalized spacial score (nSPS) is 11.3. The van der Waals surface area contributed by atoms with Crippen LogP contribution in [-0.2, 0) is 10.0 Å². The van der Waals surface area contributed by atoms with Crippen LogP contribution in [0.2, 0.25) is 0 Å². The minimum absolute atomic E-state index is 0.0318. The maximum absolute atomic E-state index is 13.6. The molecule has 2 aromatic carbocycles. The first-order chi connectivity index (χ1) is 8.90. The van der Waals surface area contributed by atoms with E-state index in [-0.39, 0.29) is 10.6 Å². The van der Waals surface area contributed by atoms with Crippen molar-refractivity contribution in [3.63, 3.8) is 0 Å². The number of nitrogens with one attached hydrogen (secondary N) is 1. The number of aryl methyl sites for hydroxylation is 1. The molecule has 0 fully saturated rings. The van der Waals surface area contributed by atoms with E-state index in [1.165, 1.54) is 36.4 Å². The summed E-state index contributed by atoms with van der Waals surface area (Å²) in [6.45, 7) is 1.63. The molecule has 0 atom stereocenters. The summed E-state index contributed by atoms with van der Waals surface area (Å²) in [6, 6.07) is 10.0. The molecule has 0 bridgehead atoms. The Kier molecular flexibility index (Phi) is 3.44. The number of hydrogen-bond acceptors (Lipinski definition) is 3. The lowest BCUT2D eigenvalue weighted by Crippen LogP contribution is -2.14. The first kappa shape index (κ1) is 13.4. The molecule has 0 saturated heterocycles. The number of hydrogen-bond donors (Lipinski definition) is 2. The van der Waals surface area contributed by atoms with Crippen molar-refractivity contribution in [2.24, 2.45) is 0 Å². The molecule has 3 N–H and O–H groups in total. The minimum atomic E-state index is -3.82. The fraction of sp³-hybridized carbons (Fsp3) is 0.0769. The number of anilines is 2. The van der Waals surface area contributed by atoms with Gasteiger partial charge in [-0.25, -0.2) is 12.8 Å². The quantitative estimate of drug-likeness (QED) is 0.848. The van der Waals surface area contributed by atoms with Gasteiger partial charge >= 0.3 is 0 Å². The summed E-state index contributed by atoms with van der Waals surface area (Å²) in [5.74, 6) is -0.612. The van der Waals surface area contributed by atoms with Gasteiger partial charge in [0.15, 0.2) is 0 Å². The molecule has 19 heavy (non-hydrogen) atoms. The van der Waals surface area contributed by atoms with Gasteiger partial charge in [-0.2, -0.15) is 0 Å². The SMILES string of the molecule is Cc1cccc(F)c1NS(=O)(=O)c1ccc(N)cc1. The largest absolute Gasteiger partial charge is 0.399 e. The van der Waals surface area contributed by atoms with Gasteiger partial charge in [-0.1, -0.05) is 12.1 Å². The summed E-state index contributed by atoms with van der Waals surface area (Å²) in [5, 5.41) is 0. The van der Waals surface area contributed by atoms with Crippen LogP contribution < -0.4 is 10.5 Å². The zero-order valence-electron chi connectivity index (χ0n) is 10.2. The molecule has 0 heterocycles. The first-order valence-corrected chi connectivity index (χ1v) is 7.02. The predicted octanol–water partition coefficient (Wildman–Crippen LogP) is 2.52. The molecule has 0 aliphatic carbocycles. The molecule has 0 saturated carbocycles. The molecule has 0 aliphatic rings. The van der Waals surface area contributed by atoms with Crippen LogP contribution in [0.25, 0.3) is 0 Å². The molecule has 0 aliphatic heterocycles. The van der Waals surface area contributed by atoms with Gasteiger partial charge < -0.3 is 5.73 Å². The molecule has 0 unspecified atom stereocenters. The van der Waals surface area contributed by atoms with E-state index in [0.29, 0.717) is 11.3 Å². The third-order valence-electron chi connectivity index (χ3n) is 2.65. The maximum Gasteiger partial charge on any atom is 0.261 e. The van der Waals surface area contributed by atoms with Gasteiger partial charge in [0.25, 0.3) is 10.0 Å². The Bertz CT molecular complexity index is 677. The molecule has 2 aromatic rings. The smallest absolute Gasteiger partial charge is 0.261 e. The third-order valence-corrected chi connectivity index (χ3v) is 4.01. The number of rotatable bonds is 3. The van der Waals surface area contributed by atoms with Crippen LogP contribution in [0, 0.1) is 12.7 Å². The number of nitrogens with two attached hydrogens (primary N) is 1. The lowest BCUT2D eigenvalue weighted by molar-refractivity contribution is 0.598. The van der Waals surface area contributed by atoms with E-state index >= 15 is 0 Å². The Morgan fingerprint density at radius 2 is 1.74 bits per heavy atom. The molecular formula is C13H13FN2O2S. The molecule has 100 valence electrons. The molecule has 0 radical (unpaired) electrons. The zero-order valence-corrected chi connectivity index (χ0v) is 11.0. The van der Waals surface area contributed by atoms with Gasteiger partial charge in [-0.3, -0.25) is 4.72 Å². The van der Waals surface area contributed by atoms with Gasteiger partial charge in [0.2, 0.25) is 0 Å². The summed E-state index contributed by atoms with van der Waals surface area (Å²) in [5.41, 5.74) is 6.43. The van der Waals surface area contributed by atoms with Crippen molar-refractivity contribution in [2.75, 3.05) is 10.5 Å². The topological polar surface area (TPSA) is 72.2 Å². The van der Waals surface area contributed by atoms with E-state index in [0.717, 1.165) is 0 Å². The Balaban J connectivity index is 2.39. The fourth-order valence-electron chi connectivity index (χ4n) is 1.60. The summed E-state index contributed by atoms with van der Waals surface area (Å²) in [7, 11) is -3.82. The molecule has 6 heteroatoms. The molecule has 0 aromatic heterocycles. The van der Waals surface area contributed by atoms with Crippen LogP contribution in [0.1, 0.15) is 5.56 Å². The van der Waals surface area contributed by atoms with Crippen LogP contribution >= 0.6 is 0 Å². The Hall–Kier alpha value is -2.08. The molecule has 0 spiro atoms. The minimum Gasteiger partial charge on any atom is -0.399 e. The Morgan fingerprint density at radius 3 is 2.32 bits per heavy atom. The van der Waals surface area contributed by atoms with E-state index in [1.54, 1.807) is 13.0 Å². The Labute approximate surface area is 111 Å². The second-order valence-electron chi connectivity index (χ2n) is 4.11. The van der Waals surface area contributed by atoms with Crippen molar-refractivity contribution in [1.82, 2.24) is 0 Å². The van der Waals surface area contributed by atoms with Crippen LogP contribution in [0.5, 0.6) is 0 Å². The second kappa shape index (κ2) is 4.89. The van der Waals surface area contributed by atoms with Gasteiger partial charge in [-0.05, 0) is 42.8 Å². The standard InChI is InChI=1S/C13H13FN2O2S/c1-9-3-2-4-12(14)13(9)16-19(17,18)11-7-5-10(15)6-8-11/h2-8,16H,15H2,1H3. The Morgan fingerprint density at radius 1 is 1.11 bits per heavy atom. The van der Waals surface area contributed by atoms with E-state index in [9.17, 15) is 12.8 Å². The van der Waals surface area contributed by atoms with Crippen molar-refractivity contribution < 1.29 is 12.8 Å². The molecule has 4 nitrogen and oxygen atoms in total. The van der Waals surface area contributed by atoms with Crippen LogP contribution in [-0.4, -0.2) is 8.42 Å². The van der Waals surface area contributed by atoms with E-state index in [2.05, 4.69) is 4.72 Å². The van der Waals surface area contributed by atoms with Crippen LogP contribution in [0.3, 0.4) is 0 Å². The van der Waals surface area contributed by atoms with Gasteiger partial charge in [0, 0.05) is 5.69 Å². The highest BCUT2D eigenvalue weighted by molar-refractivity contribution is 7.92. The van der Waals surface area contributed by atoms with Crippen LogP contribution in [0.4, 0.5) is 15.8 Å². The summed E-state index contributed by atoms with van der Waals surface area (Å²) in [4.78, 5) is 0.0318. The third kappa shape index (κ3) is 2.85. The molecule has 2 rings (SSSR count). The lowest BCUT2D eigenvalue weighted by atomic mass is 10.2. The van der Waals surface area contributed by atoms with E-state index < -0.39 is 15.8 Å². The van der Waals surface area contributed by atoms with Gasteiger partial charge in [0.1, 0.15) is 5.82 Å². The summed E-state index contributed by atoms with van der Waals surface area (Å²) in [6.07, 6.45) is 0. The molecular weight excluding hydrogens is 267 g/mol. The van der Waals surface area contributed by atoms with Crippen LogP contribution in [0.15, 0.2) is 47.4 Å². The fourth-order valence-corrected chi connectivity index (χ4v) is 2.74. The average Bonchev–Trinajstić information content (AvgIpc) is 2.35. The number of nitrogen functional groups attached to an aromatic ring is 1. The maximum atomic E-state index is 13.6. The number of sulfonamides is 1. The highest BCUT2D eigenvalue weighted by atomic mass is 32.2. The predicted molar refractivity (Wildman–Crippen MR) is 72.8 cm³/mol. The highest BCUT2D eigenvalue weighted by Crippen LogP contribution is 2.23. The number of para-hydroxylation sites is 1. The summed E-state index contributed by atoms with van der Waals surface area (Å²) >= 11 is 0. The summed E-state index contributed by atoms with van der Waals surface area (Å²) < 4.78 is 40.1. The van der Waals surface area contributed by atoms with Crippen molar-refractivity contribution in [3.05, 3.63) is 53.8 Å². The second-order valence-corrected chi connectivity index (χ2v) is 5.79. The van der Waals surface area contributed by atoms with Crippen molar-refractivity contribution in [3.8, 4) is 0 Å². The van der Waals surface area contributed by atoms with Gasteiger partial charge in [-0.15, -0.1) is 0 Å². The van der Waals surface area contributed by atoms with Crippen molar-refractivity contribution in [2.45, 2.75) is 11.8 Å². The van der Waals surface area contributed by atoms with Crippen molar-refractivity contribution in [1.29, 1.82) is 0 Å². The van der Waals surface area contributed by atoms with Crippen molar-refractivity contribution >= 4 is 21.4 Å².